The molecule has 0 aromatic carbocycles. The van der Waals surface area contributed by atoms with E-state index in [1.54, 1.807) is 17.9 Å². The predicted octanol–water partition coefficient (Wildman–Crippen LogP) is 1.51. The summed E-state index contributed by atoms with van der Waals surface area (Å²) in [5, 5.41) is 13.6. The first-order chi connectivity index (χ1) is 8.58. The number of carbonyl (C=O) groups is 1. The maximum atomic E-state index is 11.0. The van der Waals surface area contributed by atoms with Crippen LogP contribution in [0, 0.1) is 6.92 Å². The number of aromatic carboxylic acids is 1. The fourth-order valence-electron chi connectivity index (χ4n) is 1.44. The van der Waals surface area contributed by atoms with Crippen molar-refractivity contribution in [2.24, 2.45) is 7.05 Å². The van der Waals surface area contributed by atoms with Crippen LogP contribution in [-0.4, -0.2) is 30.8 Å². The zero-order valence-corrected chi connectivity index (χ0v) is 10.8. The van der Waals surface area contributed by atoms with Crippen molar-refractivity contribution in [3.8, 4) is 0 Å². The second kappa shape index (κ2) is 5.18. The van der Waals surface area contributed by atoms with Crippen molar-refractivity contribution in [1.82, 2.24) is 19.7 Å². The standard InChI is InChI=1S/C11H12N4O2S/c1-7-3-4-12-11(14-7)18-6-9-8(10(16)17)5-13-15(9)2/h3-5H,6H2,1-2H3,(H,16,17). The minimum absolute atomic E-state index is 0.220. The zero-order chi connectivity index (χ0) is 13.1. The summed E-state index contributed by atoms with van der Waals surface area (Å²) in [6, 6.07) is 1.82. The van der Waals surface area contributed by atoms with Crippen LogP contribution in [0.5, 0.6) is 0 Å². The molecule has 2 rings (SSSR count). The Balaban J connectivity index is 2.15. The second-order valence-corrected chi connectivity index (χ2v) is 4.65. The maximum absolute atomic E-state index is 11.0. The first-order valence-corrected chi connectivity index (χ1v) is 6.23. The summed E-state index contributed by atoms with van der Waals surface area (Å²) in [5.74, 6) is -0.495. The highest BCUT2D eigenvalue weighted by Crippen LogP contribution is 2.21. The van der Waals surface area contributed by atoms with Crippen molar-refractivity contribution in [2.75, 3.05) is 0 Å². The summed E-state index contributed by atoms with van der Waals surface area (Å²) in [6.45, 7) is 1.89. The van der Waals surface area contributed by atoms with E-state index < -0.39 is 5.97 Å². The molecule has 0 fully saturated rings. The molecule has 0 bridgehead atoms. The van der Waals surface area contributed by atoms with Gasteiger partial charge in [0.2, 0.25) is 0 Å². The molecule has 18 heavy (non-hydrogen) atoms. The van der Waals surface area contributed by atoms with Crippen LogP contribution in [0.4, 0.5) is 0 Å². The fourth-order valence-corrected chi connectivity index (χ4v) is 2.39. The molecule has 0 aliphatic rings. The largest absolute Gasteiger partial charge is 0.478 e. The predicted molar refractivity (Wildman–Crippen MR) is 66.5 cm³/mol. The van der Waals surface area contributed by atoms with E-state index in [0.717, 1.165) is 5.69 Å². The third kappa shape index (κ3) is 2.67. The number of carboxylic acid groups (broad SMARTS) is 1. The van der Waals surface area contributed by atoms with Crippen molar-refractivity contribution in [3.05, 3.63) is 35.4 Å². The number of thioether (sulfide) groups is 1. The molecule has 2 heterocycles. The van der Waals surface area contributed by atoms with Gasteiger partial charge in [-0.1, -0.05) is 11.8 Å². The lowest BCUT2D eigenvalue weighted by atomic mass is 10.3. The molecule has 0 aliphatic carbocycles. The van der Waals surface area contributed by atoms with Gasteiger partial charge in [0, 0.05) is 24.7 Å². The number of nitrogens with zero attached hydrogens (tertiary/aromatic N) is 4. The summed E-state index contributed by atoms with van der Waals surface area (Å²) in [7, 11) is 1.72. The summed E-state index contributed by atoms with van der Waals surface area (Å²) < 4.78 is 1.56. The molecule has 0 atom stereocenters. The van der Waals surface area contributed by atoms with Gasteiger partial charge in [0.25, 0.3) is 0 Å². The van der Waals surface area contributed by atoms with Crippen molar-refractivity contribution < 1.29 is 9.90 Å². The van der Waals surface area contributed by atoms with Gasteiger partial charge in [-0.15, -0.1) is 0 Å². The molecule has 0 unspecified atom stereocenters. The van der Waals surface area contributed by atoms with Crippen LogP contribution in [0.3, 0.4) is 0 Å². The minimum atomic E-state index is -0.969. The monoisotopic (exact) mass is 264 g/mol. The summed E-state index contributed by atoms with van der Waals surface area (Å²) in [4.78, 5) is 19.4. The first-order valence-electron chi connectivity index (χ1n) is 5.24. The first kappa shape index (κ1) is 12.6. The van der Waals surface area contributed by atoms with E-state index >= 15 is 0 Å². The average molecular weight is 264 g/mol. The van der Waals surface area contributed by atoms with Crippen LogP contribution in [0.2, 0.25) is 0 Å². The van der Waals surface area contributed by atoms with Crippen molar-refractivity contribution in [2.45, 2.75) is 17.8 Å². The van der Waals surface area contributed by atoms with Crippen molar-refractivity contribution in [1.29, 1.82) is 0 Å². The van der Waals surface area contributed by atoms with Gasteiger partial charge in [-0.2, -0.15) is 5.10 Å². The smallest absolute Gasteiger partial charge is 0.339 e. The van der Waals surface area contributed by atoms with Crippen molar-refractivity contribution >= 4 is 17.7 Å². The molecule has 1 N–H and O–H groups in total. The normalized spacial score (nSPS) is 10.6. The molecular weight excluding hydrogens is 252 g/mol. The quantitative estimate of drug-likeness (QED) is 0.666. The lowest BCUT2D eigenvalue weighted by Gasteiger charge is -2.03. The molecule has 94 valence electrons. The average Bonchev–Trinajstić information content (AvgIpc) is 2.68. The van der Waals surface area contributed by atoms with Crippen LogP contribution in [0.15, 0.2) is 23.6 Å². The van der Waals surface area contributed by atoms with Crippen LogP contribution >= 0.6 is 11.8 Å². The van der Waals surface area contributed by atoms with Gasteiger partial charge in [0.1, 0.15) is 5.56 Å². The summed E-state index contributed by atoms with van der Waals surface area (Å²) in [6.07, 6.45) is 3.04. The number of carboxylic acids is 1. The molecule has 0 saturated heterocycles. The molecule has 2 aromatic heterocycles. The Kier molecular flexibility index (Phi) is 3.61. The summed E-state index contributed by atoms with van der Waals surface area (Å²) >= 11 is 1.39. The van der Waals surface area contributed by atoms with Gasteiger partial charge in [0.15, 0.2) is 5.16 Å². The van der Waals surface area contributed by atoms with E-state index in [1.807, 2.05) is 13.0 Å². The van der Waals surface area contributed by atoms with Gasteiger partial charge in [-0.3, -0.25) is 4.68 Å². The highest BCUT2D eigenvalue weighted by atomic mass is 32.2. The third-order valence-electron chi connectivity index (χ3n) is 2.40. The molecule has 0 aliphatic heterocycles. The van der Waals surface area contributed by atoms with E-state index in [0.29, 0.717) is 16.6 Å². The van der Waals surface area contributed by atoms with Gasteiger partial charge < -0.3 is 5.11 Å². The Morgan fingerprint density at radius 2 is 2.33 bits per heavy atom. The van der Waals surface area contributed by atoms with E-state index in [2.05, 4.69) is 15.1 Å². The van der Waals surface area contributed by atoms with Crippen molar-refractivity contribution in [3.63, 3.8) is 0 Å². The SMILES string of the molecule is Cc1ccnc(SCc2c(C(=O)O)cnn2C)n1. The minimum Gasteiger partial charge on any atom is -0.478 e. The molecular formula is C11H12N4O2S. The molecule has 0 amide bonds. The number of aromatic nitrogens is 4. The highest BCUT2D eigenvalue weighted by Gasteiger charge is 2.15. The molecule has 2 aromatic rings. The second-order valence-electron chi connectivity index (χ2n) is 3.70. The Morgan fingerprint density at radius 3 is 3.00 bits per heavy atom. The lowest BCUT2D eigenvalue weighted by Crippen LogP contribution is -2.03. The number of rotatable bonds is 4. The fraction of sp³-hybridized carbons (Fsp3) is 0.273. The highest BCUT2D eigenvalue weighted by molar-refractivity contribution is 7.98. The van der Waals surface area contributed by atoms with E-state index in [-0.39, 0.29) is 5.56 Å². The van der Waals surface area contributed by atoms with Gasteiger partial charge in [0.05, 0.1) is 11.9 Å². The van der Waals surface area contributed by atoms with Crippen LogP contribution in [-0.2, 0) is 12.8 Å². The Bertz CT molecular complexity index is 582. The van der Waals surface area contributed by atoms with Gasteiger partial charge >= 0.3 is 5.97 Å². The van der Waals surface area contributed by atoms with Gasteiger partial charge in [-0.25, -0.2) is 14.8 Å². The molecule has 0 radical (unpaired) electrons. The van der Waals surface area contributed by atoms with Gasteiger partial charge in [-0.05, 0) is 13.0 Å². The van der Waals surface area contributed by atoms with Crippen LogP contribution < -0.4 is 0 Å². The molecule has 0 spiro atoms. The van der Waals surface area contributed by atoms with E-state index in [4.69, 9.17) is 5.11 Å². The maximum Gasteiger partial charge on any atom is 0.339 e. The van der Waals surface area contributed by atoms with E-state index in [9.17, 15) is 4.79 Å². The Labute approximate surface area is 108 Å². The lowest BCUT2D eigenvalue weighted by molar-refractivity contribution is 0.0696. The summed E-state index contributed by atoms with van der Waals surface area (Å²) in [5.41, 5.74) is 1.76. The van der Waals surface area contributed by atoms with Crippen LogP contribution in [0.25, 0.3) is 0 Å². The Morgan fingerprint density at radius 1 is 1.56 bits per heavy atom. The van der Waals surface area contributed by atoms with Crippen LogP contribution in [0.1, 0.15) is 21.7 Å². The molecule has 0 saturated carbocycles. The third-order valence-corrected chi connectivity index (χ3v) is 3.28. The number of aryl methyl sites for hydroxylation is 2. The topological polar surface area (TPSA) is 80.9 Å². The molecule has 6 nitrogen and oxygen atoms in total. The zero-order valence-electron chi connectivity index (χ0n) is 9.99. The number of hydrogen-bond acceptors (Lipinski definition) is 5. The number of hydrogen-bond donors (Lipinski definition) is 1. The van der Waals surface area contributed by atoms with E-state index in [1.165, 1.54) is 18.0 Å². The Hall–Kier alpha value is -1.89. The molecule has 7 heteroatoms.